The molecule has 0 fully saturated rings. The summed E-state index contributed by atoms with van der Waals surface area (Å²) in [7, 11) is 1.98. The van der Waals surface area contributed by atoms with Gasteiger partial charge in [0, 0.05) is 34.1 Å². The molecule has 0 aromatic carbocycles. The lowest BCUT2D eigenvalue weighted by atomic mass is 10.00. The summed E-state index contributed by atoms with van der Waals surface area (Å²) in [6, 6.07) is 4.57. The molecule has 0 radical (unpaired) electrons. The molecular formula is C17H22N2O2S2. The van der Waals surface area contributed by atoms with Crippen LogP contribution < -0.4 is 11.1 Å². The molecule has 2 aromatic heterocycles. The van der Waals surface area contributed by atoms with Crippen LogP contribution >= 0.6 is 22.7 Å². The van der Waals surface area contributed by atoms with Gasteiger partial charge in [0.1, 0.15) is 12.2 Å². The van der Waals surface area contributed by atoms with E-state index in [2.05, 4.69) is 22.8 Å². The Morgan fingerprint density at radius 2 is 2.22 bits per heavy atom. The van der Waals surface area contributed by atoms with E-state index in [1.807, 2.05) is 18.4 Å². The van der Waals surface area contributed by atoms with Gasteiger partial charge in [0.15, 0.2) is 0 Å². The van der Waals surface area contributed by atoms with Gasteiger partial charge in [0.05, 0.1) is 12.7 Å². The van der Waals surface area contributed by atoms with E-state index in [1.165, 1.54) is 25.8 Å². The average Bonchev–Trinajstić information content (AvgIpc) is 3.20. The lowest BCUT2D eigenvalue weighted by molar-refractivity contribution is -0.0213. The number of hydrogen-bond donors (Lipinski definition) is 2. The minimum atomic E-state index is 0.0610. The summed E-state index contributed by atoms with van der Waals surface area (Å²) in [5.41, 5.74) is 8.69. The highest BCUT2D eigenvalue weighted by atomic mass is 32.1. The first kappa shape index (κ1) is 15.7. The Labute approximate surface area is 144 Å². The molecule has 0 saturated carbocycles. The lowest BCUT2D eigenvalue weighted by Gasteiger charge is -2.29. The summed E-state index contributed by atoms with van der Waals surface area (Å²) in [5.74, 6) is 0. The average molecular weight is 351 g/mol. The minimum absolute atomic E-state index is 0.0610. The molecule has 124 valence electrons. The van der Waals surface area contributed by atoms with E-state index in [-0.39, 0.29) is 18.3 Å². The van der Waals surface area contributed by atoms with E-state index in [4.69, 9.17) is 15.2 Å². The van der Waals surface area contributed by atoms with Crippen molar-refractivity contribution >= 4 is 22.7 Å². The summed E-state index contributed by atoms with van der Waals surface area (Å²) in [5, 5.41) is 5.43. The minimum Gasteiger partial charge on any atom is -0.371 e. The normalized spacial score (nSPS) is 26.8. The zero-order chi connectivity index (χ0) is 15.8. The molecule has 0 amide bonds. The molecule has 0 aliphatic carbocycles. The highest BCUT2D eigenvalue weighted by molar-refractivity contribution is 7.12. The molecule has 0 saturated heterocycles. The van der Waals surface area contributed by atoms with Gasteiger partial charge in [0.2, 0.25) is 0 Å². The van der Waals surface area contributed by atoms with Gasteiger partial charge in [-0.2, -0.15) is 0 Å². The second-order valence-corrected chi connectivity index (χ2v) is 8.13. The summed E-state index contributed by atoms with van der Waals surface area (Å²) in [4.78, 5) is 4.00. The van der Waals surface area contributed by atoms with E-state index in [0.29, 0.717) is 6.54 Å². The van der Waals surface area contributed by atoms with Gasteiger partial charge in [0.25, 0.3) is 0 Å². The van der Waals surface area contributed by atoms with Crippen molar-refractivity contribution in [3.05, 3.63) is 43.3 Å². The number of nitrogens with one attached hydrogen (secondary N) is 1. The maximum absolute atomic E-state index is 6.43. The Hall–Kier alpha value is -0.760. The van der Waals surface area contributed by atoms with Crippen LogP contribution in [-0.2, 0) is 22.3 Å². The Bertz CT molecular complexity index is 682. The van der Waals surface area contributed by atoms with Crippen LogP contribution in [0.1, 0.15) is 44.1 Å². The number of hydrogen-bond acceptors (Lipinski definition) is 6. The van der Waals surface area contributed by atoms with E-state index >= 15 is 0 Å². The third-order valence-corrected chi connectivity index (χ3v) is 6.98. The van der Waals surface area contributed by atoms with E-state index in [9.17, 15) is 0 Å². The first-order valence-electron chi connectivity index (χ1n) is 8.10. The van der Waals surface area contributed by atoms with Crippen molar-refractivity contribution in [2.75, 3.05) is 26.7 Å². The van der Waals surface area contributed by atoms with Crippen molar-refractivity contribution in [3.63, 3.8) is 0 Å². The molecule has 6 heteroatoms. The Morgan fingerprint density at radius 3 is 3.04 bits per heavy atom. The molecule has 3 unspecified atom stereocenters. The summed E-state index contributed by atoms with van der Waals surface area (Å²) >= 11 is 3.63. The molecule has 4 rings (SSSR count). The molecule has 2 aromatic rings. The van der Waals surface area contributed by atoms with Crippen LogP contribution in [0.5, 0.6) is 0 Å². The fraction of sp³-hybridized carbons (Fsp3) is 0.529. The summed E-state index contributed by atoms with van der Waals surface area (Å²) in [6.45, 7) is 2.17. The monoisotopic (exact) mass is 350 g/mol. The molecule has 2 aliphatic heterocycles. The van der Waals surface area contributed by atoms with Crippen LogP contribution in [-0.4, -0.2) is 26.7 Å². The van der Waals surface area contributed by atoms with Crippen molar-refractivity contribution in [2.45, 2.75) is 31.2 Å². The molecule has 2 aliphatic rings. The standard InChI is InChI=1S/C17H22N2O2S2/c1-19-9-14-16-11(3-5-22-16)6-12(21-14)15-7-10-2-4-20-13(8-18)17(10)23-15/h3,5,7,12-14,19H,2,4,6,8-9,18H2,1H3. The second kappa shape index (κ2) is 6.63. The SMILES string of the molecule is CNCC1OC(c2cc3c(s2)C(CN)OCC3)Cc2ccsc21. The smallest absolute Gasteiger partial charge is 0.105 e. The zero-order valence-electron chi connectivity index (χ0n) is 13.2. The van der Waals surface area contributed by atoms with E-state index in [1.54, 1.807) is 11.3 Å². The number of likely N-dealkylation sites (N-methyl/N-ethyl adjacent to an activating group) is 1. The highest BCUT2D eigenvalue weighted by Crippen LogP contribution is 2.44. The Kier molecular flexibility index (Phi) is 4.54. The molecule has 4 heterocycles. The van der Waals surface area contributed by atoms with Gasteiger partial charge in [-0.1, -0.05) is 0 Å². The maximum atomic E-state index is 6.43. The second-order valence-electron chi connectivity index (χ2n) is 6.07. The first-order chi connectivity index (χ1) is 11.3. The van der Waals surface area contributed by atoms with Crippen molar-refractivity contribution in [2.24, 2.45) is 5.73 Å². The third kappa shape index (κ3) is 2.88. The molecule has 0 spiro atoms. The quantitative estimate of drug-likeness (QED) is 0.890. The number of rotatable bonds is 4. The topological polar surface area (TPSA) is 56.5 Å². The summed E-state index contributed by atoms with van der Waals surface area (Å²) < 4.78 is 12.2. The third-order valence-electron chi connectivity index (χ3n) is 4.57. The number of nitrogens with two attached hydrogens (primary N) is 1. The molecule has 4 nitrogen and oxygen atoms in total. The maximum Gasteiger partial charge on any atom is 0.105 e. The van der Waals surface area contributed by atoms with Gasteiger partial charge in [-0.3, -0.25) is 0 Å². The van der Waals surface area contributed by atoms with Crippen LogP contribution in [0.4, 0.5) is 0 Å². The Balaban J connectivity index is 1.63. The summed E-state index contributed by atoms with van der Waals surface area (Å²) in [6.07, 6.45) is 2.30. The van der Waals surface area contributed by atoms with Crippen LogP contribution in [0, 0.1) is 0 Å². The van der Waals surface area contributed by atoms with Crippen LogP contribution in [0.25, 0.3) is 0 Å². The van der Waals surface area contributed by atoms with Gasteiger partial charge in [-0.25, -0.2) is 0 Å². The van der Waals surface area contributed by atoms with Gasteiger partial charge >= 0.3 is 0 Å². The lowest BCUT2D eigenvalue weighted by Crippen LogP contribution is -2.25. The number of thiophene rings is 2. The molecule has 3 N–H and O–H groups in total. The largest absolute Gasteiger partial charge is 0.371 e. The van der Waals surface area contributed by atoms with Crippen molar-refractivity contribution in [1.82, 2.24) is 5.32 Å². The number of fused-ring (bicyclic) bond motifs is 2. The predicted octanol–water partition coefficient (Wildman–Crippen LogP) is 2.96. The molecule has 3 atom stereocenters. The molecular weight excluding hydrogens is 328 g/mol. The van der Waals surface area contributed by atoms with Crippen molar-refractivity contribution in [1.29, 1.82) is 0 Å². The molecule has 23 heavy (non-hydrogen) atoms. The van der Waals surface area contributed by atoms with E-state index < -0.39 is 0 Å². The first-order valence-corrected chi connectivity index (χ1v) is 9.80. The van der Waals surface area contributed by atoms with Crippen LogP contribution in [0.15, 0.2) is 17.5 Å². The highest BCUT2D eigenvalue weighted by Gasteiger charge is 2.32. The fourth-order valence-corrected chi connectivity index (χ4v) is 5.74. The molecule has 0 bridgehead atoms. The van der Waals surface area contributed by atoms with Crippen LogP contribution in [0.2, 0.25) is 0 Å². The van der Waals surface area contributed by atoms with Crippen molar-refractivity contribution < 1.29 is 9.47 Å². The van der Waals surface area contributed by atoms with Gasteiger partial charge in [-0.05, 0) is 42.1 Å². The van der Waals surface area contributed by atoms with Gasteiger partial charge < -0.3 is 20.5 Å². The zero-order valence-corrected chi connectivity index (χ0v) is 14.8. The van der Waals surface area contributed by atoms with Crippen molar-refractivity contribution in [3.8, 4) is 0 Å². The Morgan fingerprint density at radius 1 is 1.30 bits per heavy atom. The van der Waals surface area contributed by atoms with Gasteiger partial charge in [-0.15, -0.1) is 22.7 Å². The number of ether oxygens (including phenoxy) is 2. The van der Waals surface area contributed by atoms with E-state index in [0.717, 1.165) is 26.0 Å². The predicted molar refractivity (Wildman–Crippen MR) is 94.3 cm³/mol. The fourth-order valence-electron chi connectivity index (χ4n) is 3.45. The van der Waals surface area contributed by atoms with Crippen LogP contribution in [0.3, 0.4) is 0 Å².